The number of aliphatic hydroxyl groups is 1. The molecule has 5 heteroatoms. The molecule has 126 valence electrons. The second-order valence-electron chi connectivity index (χ2n) is 6.60. The molecule has 23 heavy (non-hydrogen) atoms. The van der Waals surface area contributed by atoms with Gasteiger partial charge in [0.2, 0.25) is 5.91 Å². The normalized spacial score (nSPS) is 28.1. The van der Waals surface area contributed by atoms with E-state index in [1.807, 2.05) is 18.2 Å². The maximum absolute atomic E-state index is 12.0. The van der Waals surface area contributed by atoms with Gasteiger partial charge in [0.15, 0.2) is 0 Å². The van der Waals surface area contributed by atoms with E-state index in [1.165, 1.54) is 5.56 Å². The zero-order chi connectivity index (χ0) is 16.1. The highest BCUT2D eigenvalue weighted by Gasteiger charge is 2.31. The van der Waals surface area contributed by atoms with Gasteiger partial charge < -0.3 is 15.2 Å². The molecule has 0 aromatic heterocycles. The van der Waals surface area contributed by atoms with Crippen LogP contribution in [0.15, 0.2) is 30.3 Å². The summed E-state index contributed by atoms with van der Waals surface area (Å²) in [6.07, 6.45) is 2.98. The summed E-state index contributed by atoms with van der Waals surface area (Å²) in [5.74, 6) is 0.0537. The van der Waals surface area contributed by atoms with Crippen LogP contribution in [-0.4, -0.2) is 53.9 Å². The van der Waals surface area contributed by atoms with E-state index in [9.17, 15) is 9.90 Å². The molecule has 0 spiro atoms. The Balaban J connectivity index is 1.48. The second kappa shape index (κ2) is 7.90. The third-order valence-electron chi connectivity index (χ3n) is 4.71. The average molecular weight is 318 g/mol. The van der Waals surface area contributed by atoms with Gasteiger partial charge in [-0.3, -0.25) is 9.69 Å². The summed E-state index contributed by atoms with van der Waals surface area (Å²) in [5.41, 5.74) is 1.23. The monoisotopic (exact) mass is 318 g/mol. The predicted molar refractivity (Wildman–Crippen MR) is 87.9 cm³/mol. The van der Waals surface area contributed by atoms with Gasteiger partial charge in [-0.1, -0.05) is 30.3 Å². The van der Waals surface area contributed by atoms with E-state index in [2.05, 4.69) is 22.3 Å². The van der Waals surface area contributed by atoms with Crippen LogP contribution in [0.5, 0.6) is 0 Å². The van der Waals surface area contributed by atoms with Gasteiger partial charge in [-0.15, -0.1) is 0 Å². The Labute approximate surface area is 137 Å². The van der Waals surface area contributed by atoms with E-state index in [-0.39, 0.29) is 24.2 Å². The zero-order valence-corrected chi connectivity index (χ0v) is 13.5. The van der Waals surface area contributed by atoms with Gasteiger partial charge >= 0.3 is 0 Å². The minimum atomic E-state index is -0.307. The molecule has 0 radical (unpaired) electrons. The Kier molecular flexibility index (Phi) is 5.65. The van der Waals surface area contributed by atoms with Crippen molar-refractivity contribution in [1.82, 2.24) is 10.2 Å². The zero-order valence-electron chi connectivity index (χ0n) is 13.5. The Morgan fingerprint density at radius 1 is 1.35 bits per heavy atom. The van der Waals surface area contributed by atoms with E-state index in [4.69, 9.17) is 4.74 Å². The molecule has 1 amide bonds. The molecule has 0 aliphatic carbocycles. The first-order chi connectivity index (χ1) is 11.2. The van der Waals surface area contributed by atoms with Crippen molar-refractivity contribution in [3.63, 3.8) is 0 Å². The standard InChI is InChI=1S/C18H26N2O3/c21-16-9-15(11-19-18(22)10-17-7-4-8-23-17)20(13-16)12-14-5-2-1-3-6-14/h1-3,5-6,15-17,21H,4,7-13H2,(H,19,22). The van der Waals surface area contributed by atoms with Gasteiger partial charge in [0, 0.05) is 32.3 Å². The van der Waals surface area contributed by atoms with Gasteiger partial charge in [-0.05, 0) is 24.8 Å². The molecule has 0 saturated carbocycles. The lowest BCUT2D eigenvalue weighted by atomic mass is 10.1. The average Bonchev–Trinajstić information content (AvgIpc) is 3.16. The number of carbonyl (C=O) groups is 1. The molecule has 1 aromatic carbocycles. The molecule has 3 atom stereocenters. The summed E-state index contributed by atoms with van der Waals surface area (Å²) in [6.45, 7) is 2.85. The number of likely N-dealkylation sites (tertiary alicyclic amines) is 1. The van der Waals surface area contributed by atoms with Gasteiger partial charge in [0.05, 0.1) is 18.6 Å². The van der Waals surface area contributed by atoms with Gasteiger partial charge in [0.1, 0.15) is 0 Å². The van der Waals surface area contributed by atoms with E-state index in [0.717, 1.165) is 26.0 Å². The second-order valence-corrected chi connectivity index (χ2v) is 6.60. The fourth-order valence-electron chi connectivity index (χ4n) is 3.50. The quantitative estimate of drug-likeness (QED) is 0.830. The number of amides is 1. The SMILES string of the molecule is O=C(CC1CCCO1)NCC1CC(O)CN1Cc1ccccc1. The molecule has 2 heterocycles. The van der Waals surface area contributed by atoms with E-state index in [0.29, 0.717) is 25.9 Å². The minimum Gasteiger partial charge on any atom is -0.392 e. The predicted octanol–water partition coefficient (Wildman–Crippen LogP) is 1.31. The molecule has 2 N–H and O–H groups in total. The molecule has 3 unspecified atom stereocenters. The van der Waals surface area contributed by atoms with Gasteiger partial charge in [-0.25, -0.2) is 0 Å². The van der Waals surface area contributed by atoms with Crippen molar-refractivity contribution in [1.29, 1.82) is 0 Å². The first-order valence-corrected chi connectivity index (χ1v) is 8.55. The number of hydrogen-bond acceptors (Lipinski definition) is 4. The van der Waals surface area contributed by atoms with Crippen molar-refractivity contribution in [2.24, 2.45) is 0 Å². The van der Waals surface area contributed by atoms with Crippen LogP contribution in [0.1, 0.15) is 31.2 Å². The number of nitrogens with zero attached hydrogens (tertiary/aromatic N) is 1. The Bertz CT molecular complexity index is 502. The van der Waals surface area contributed by atoms with Crippen LogP contribution in [0.2, 0.25) is 0 Å². The highest BCUT2D eigenvalue weighted by molar-refractivity contribution is 5.76. The summed E-state index contributed by atoms with van der Waals surface area (Å²) in [7, 11) is 0. The highest BCUT2D eigenvalue weighted by Crippen LogP contribution is 2.20. The molecular weight excluding hydrogens is 292 g/mol. The molecule has 2 aliphatic heterocycles. The number of nitrogens with one attached hydrogen (secondary N) is 1. The molecule has 2 fully saturated rings. The van der Waals surface area contributed by atoms with Gasteiger partial charge in [-0.2, -0.15) is 0 Å². The summed E-state index contributed by atoms with van der Waals surface area (Å²) in [6, 6.07) is 10.4. The Morgan fingerprint density at radius 3 is 2.91 bits per heavy atom. The summed E-state index contributed by atoms with van der Waals surface area (Å²) >= 11 is 0. The third-order valence-corrected chi connectivity index (χ3v) is 4.71. The molecular formula is C18H26N2O3. The summed E-state index contributed by atoms with van der Waals surface area (Å²) in [4.78, 5) is 14.3. The fraction of sp³-hybridized carbons (Fsp3) is 0.611. The smallest absolute Gasteiger partial charge is 0.222 e. The maximum atomic E-state index is 12.0. The van der Waals surface area contributed by atoms with E-state index < -0.39 is 0 Å². The first-order valence-electron chi connectivity index (χ1n) is 8.55. The first kappa shape index (κ1) is 16.4. The number of rotatable bonds is 6. The number of hydrogen-bond donors (Lipinski definition) is 2. The van der Waals surface area contributed by atoms with E-state index >= 15 is 0 Å². The van der Waals surface area contributed by atoms with Crippen LogP contribution >= 0.6 is 0 Å². The lowest BCUT2D eigenvalue weighted by Gasteiger charge is -2.24. The lowest BCUT2D eigenvalue weighted by molar-refractivity contribution is -0.123. The summed E-state index contributed by atoms with van der Waals surface area (Å²) < 4.78 is 5.50. The Hall–Kier alpha value is -1.43. The largest absolute Gasteiger partial charge is 0.392 e. The number of carbonyl (C=O) groups excluding carboxylic acids is 1. The van der Waals surface area contributed by atoms with Crippen LogP contribution in [-0.2, 0) is 16.1 Å². The van der Waals surface area contributed by atoms with Crippen molar-refractivity contribution < 1.29 is 14.6 Å². The van der Waals surface area contributed by atoms with Crippen LogP contribution in [0.3, 0.4) is 0 Å². The van der Waals surface area contributed by atoms with Crippen molar-refractivity contribution in [2.45, 2.75) is 50.5 Å². The topological polar surface area (TPSA) is 61.8 Å². The van der Waals surface area contributed by atoms with Crippen molar-refractivity contribution in [2.75, 3.05) is 19.7 Å². The van der Waals surface area contributed by atoms with Crippen LogP contribution in [0, 0.1) is 0 Å². The van der Waals surface area contributed by atoms with Crippen LogP contribution < -0.4 is 5.32 Å². The summed E-state index contributed by atoms with van der Waals surface area (Å²) in [5, 5.41) is 13.0. The molecule has 2 saturated heterocycles. The molecule has 3 rings (SSSR count). The number of ether oxygens (including phenoxy) is 1. The van der Waals surface area contributed by atoms with Gasteiger partial charge in [0.25, 0.3) is 0 Å². The third kappa shape index (κ3) is 4.77. The molecule has 2 aliphatic rings. The highest BCUT2D eigenvalue weighted by atomic mass is 16.5. The van der Waals surface area contributed by atoms with Crippen LogP contribution in [0.4, 0.5) is 0 Å². The fourth-order valence-corrected chi connectivity index (χ4v) is 3.50. The Morgan fingerprint density at radius 2 is 2.17 bits per heavy atom. The minimum absolute atomic E-state index is 0.0537. The lowest BCUT2D eigenvalue weighted by Crippen LogP contribution is -2.40. The molecule has 5 nitrogen and oxygen atoms in total. The van der Waals surface area contributed by atoms with Crippen molar-refractivity contribution in [3.05, 3.63) is 35.9 Å². The number of aliphatic hydroxyl groups excluding tert-OH is 1. The number of β-amino-alcohol motifs (C(OH)–C–C–N with tert-alkyl or cyclic N) is 1. The molecule has 1 aromatic rings. The van der Waals surface area contributed by atoms with Crippen molar-refractivity contribution >= 4 is 5.91 Å². The molecule has 0 bridgehead atoms. The van der Waals surface area contributed by atoms with Crippen molar-refractivity contribution in [3.8, 4) is 0 Å². The number of benzene rings is 1. The maximum Gasteiger partial charge on any atom is 0.222 e. The van der Waals surface area contributed by atoms with E-state index in [1.54, 1.807) is 0 Å². The van der Waals surface area contributed by atoms with Crippen LogP contribution in [0.25, 0.3) is 0 Å².